The van der Waals surface area contributed by atoms with E-state index in [2.05, 4.69) is 27.6 Å². The molecule has 6 nitrogen and oxygen atoms in total. The van der Waals surface area contributed by atoms with Crippen LogP contribution in [0.2, 0.25) is 5.02 Å². The molecular weight excluding hydrogens is 532 g/mol. The molecule has 9 heteroatoms. The fraction of sp³-hybridized carbons (Fsp3) is 0.545. The molecule has 3 rings (SSSR count). The number of likely N-dealkylation sites (tertiary alicyclic amines) is 1. The predicted octanol–water partition coefficient (Wildman–Crippen LogP) is 4.46. The molecule has 172 valence electrons. The normalized spacial score (nSPS) is 17.3. The first-order valence-electron chi connectivity index (χ1n) is 10.6. The fourth-order valence-corrected chi connectivity index (χ4v) is 4.09. The van der Waals surface area contributed by atoms with Gasteiger partial charge in [-0.2, -0.15) is 0 Å². The summed E-state index contributed by atoms with van der Waals surface area (Å²) in [5.41, 5.74) is 3.02. The summed E-state index contributed by atoms with van der Waals surface area (Å²) >= 11 is 6.21. The summed E-state index contributed by atoms with van der Waals surface area (Å²) in [7, 11) is 0. The molecular formula is C22H32ClFIN5O. The maximum atomic E-state index is 13.3. The highest BCUT2D eigenvalue weighted by molar-refractivity contribution is 14.0. The van der Waals surface area contributed by atoms with Crippen molar-refractivity contribution in [1.29, 1.82) is 0 Å². The van der Waals surface area contributed by atoms with Crippen LogP contribution in [-0.2, 0) is 13.0 Å². The minimum Gasteiger partial charge on any atom is -0.361 e. The number of guanidine groups is 1. The van der Waals surface area contributed by atoms with Crippen LogP contribution in [0.15, 0.2) is 27.7 Å². The van der Waals surface area contributed by atoms with Gasteiger partial charge in [0.15, 0.2) is 5.96 Å². The van der Waals surface area contributed by atoms with E-state index in [-0.39, 0.29) is 29.8 Å². The summed E-state index contributed by atoms with van der Waals surface area (Å²) in [6, 6.07) is 4.92. The average Bonchev–Trinajstić information content (AvgIpc) is 3.03. The van der Waals surface area contributed by atoms with Gasteiger partial charge < -0.3 is 15.2 Å². The van der Waals surface area contributed by atoms with E-state index in [0.29, 0.717) is 17.6 Å². The number of hydrogen-bond donors (Lipinski definition) is 2. The van der Waals surface area contributed by atoms with Crippen LogP contribution < -0.4 is 10.6 Å². The maximum absolute atomic E-state index is 13.3. The van der Waals surface area contributed by atoms with Gasteiger partial charge in [-0.15, -0.1) is 24.0 Å². The van der Waals surface area contributed by atoms with Crippen LogP contribution in [0.1, 0.15) is 42.3 Å². The number of aromatic nitrogens is 1. The standard InChI is InChI=1S/C22H31ClFN5O.HI/c1-4-25-22(26-10-9-20-15(2)28-30-16(20)3)27-19-6-5-11-29(14-19)13-17-7-8-18(24)12-21(17)23;/h7-8,12,19H,4-6,9-11,13-14H2,1-3H3,(H2,25,26,27);1H. The second-order valence-corrected chi connectivity index (χ2v) is 8.17. The molecule has 2 N–H and O–H groups in total. The average molecular weight is 564 g/mol. The van der Waals surface area contributed by atoms with Crippen molar-refractivity contribution >= 4 is 41.5 Å². The summed E-state index contributed by atoms with van der Waals surface area (Å²) in [4.78, 5) is 7.10. The molecule has 1 aliphatic rings. The summed E-state index contributed by atoms with van der Waals surface area (Å²) < 4.78 is 18.5. The molecule has 1 fully saturated rings. The molecule has 0 radical (unpaired) electrons. The summed E-state index contributed by atoms with van der Waals surface area (Å²) in [6.45, 7) is 10.0. The molecule has 1 aromatic carbocycles. The molecule has 0 bridgehead atoms. The number of piperidine rings is 1. The quantitative estimate of drug-likeness (QED) is 0.296. The van der Waals surface area contributed by atoms with Crippen LogP contribution in [-0.4, -0.2) is 48.2 Å². The minimum absolute atomic E-state index is 0. The van der Waals surface area contributed by atoms with Crippen LogP contribution in [0.25, 0.3) is 0 Å². The molecule has 0 spiro atoms. The number of halogens is 3. The number of rotatable bonds is 7. The molecule has 2 heterocycles. The lowest BCUT2D eigenvalue weighted by molar-refractivity contribution is 0.192. The van der Waals surface area contributed by atoms with Gasteiger partial charge in [-0.05, 0) is 64.3 Å². The van der Waals surface area contributed by atoms with Crippen LogP contribution in [0.3, 0.4) is 0 Å². The third kappa shape index (κ3) is 7.61. The Hall–Kier alpha value is -1.39. The molecule has 1 saturated heterocycles. The number of nitrogens with one attached hydrogen (secondary N) is 2. The first-order chi connectivity index (χ1) is 14.5. The third-order valence-electron chi connectivity index (χ3n) is 5.41. The van der Waals surface area contributed by atoms with Crippen molar-refractivity contribution in [3.8, 4) is 0 Å². The Morgan fingerprint density at radius 2 is 2.19 bits per heavy atom. The first kappa shape index (κ1) is 25.9. The van der Waals surface area contributed by atoms with E-state index in [4.69, 9.17) is 21.1 Å². The van der Waals surface area contributed by atoms with Gasteiger partial charge in [-0.25, -0.2) is 4.39 Å². The van der Waals surface area contributed by atoms with Crippen LogP contribution in [0, 0.1) is 19.7 Å². The Bertz CT molecular complexity index is 856. The lowest BCUT2D eigenvalue weighted by Crippen LogP contribution is -2.51. The van der Waals surface area contributed by atoms with Gasteiger partial charge in [0.25, 0.3) is 0 Å². The molecule has 0 aliphatic carbocycles. The van der Waals surface area contributed by atoms with Crippen LogP contribution in [0.5, 0.6) is 0 Å². The van der Waals surface area contributed by atoms with Gasteiger partial charge in [-0.1, -0.05) is 22.8 Å². The molecule has 0 saturated carbocycles. The molecule has 0 amide bonds. The maximum Gasteiger partial charge on any atom is 0.191 e. The van der Waals surface area contributed by atoms with Crippen molar-refractivity contribution in [2.24, 2.45) is 4.99 Å². The van der Waals surface area contributed by atoms with Gasteiger partial charge in [0.1, 0.15) is 11.6 Å². The highest BCUT2D eigenvalue weighted by Crippen LogP contribution is 2.21. The molecule has 1 aromatic heterocycles. The number of nitrogens with zero attached hydrogens (tertiary/aromatic N) is 3. The fourth-order valence-electron chi connectivity index (χ4n) is 3.86. The molecule has 1 unspecified atom stereocenters. The second kappa shape index (κ2) is 12.6. The second-order valence-electron chi connectivity index (χ2n) is 7.77. The SMILES string of the molecule is CCNC(=NCCc1c(C)noc1C)NC1CCCN(Cc2ccc(F)cc2Cl)C1.I. The number of aliphatic imine (C=N–C) groups is 1. The van der Waals surface area contributed by atoms with E-state index >= 15 is 0 Å². The van der Waals surface area contributed by atoms with Crippen molar-refractivity contribution < 1.29 is 8.91 Å². The monoisotopic (exact) mass is 563 g/mol. The number of hydrogen-bond acceptors (Lipinski definition) is 4. The zero-order chi connectivity index (χ0) is 21.5. The van der Waals surface area contributed by atoms with Crippen molar-refractivity contribution in [3.63, 3.8) is 0 Å². The van der Waals surface area contributed by atoms with Crippen LogP contribution in [0.4, 0.5) is 4.39 Å². The van der Waals surface area contributed by atoms with E-state index in [1.165, 1.54) is 12.1 Å². The molecule has 2 aromatic rings. The van der Waals surface area contributed by atoms with Gasteiger partial charge in [0.2, 0.25) is 0 Å². The Morgan fingerprint density at radius 3 is 2.87 bits per heavy atom. The topological polar surface area (TPSA) is 65.7 Å². The summed E-state index contributed by atoms with van der Waals surface area (Å²) in [5.74, 6) is 1.39. The van der Waals surface area contributed by atoms with Crippen molar-refractivity contribution in [3.05, 3.63) is 51.6 Å². The third-order valence-corrected chi connectivity index (χ3v) is 5.76. The predicted molar refractivity (Wildman–Crippen MR) is 134 cm³/mol. The first-order valence-corrected chi connectivity index (χ1v) is 11.0. The number of benzene rings is 1. The lowest BCUT2D eigenvalue weighted by Gasteiger charge is -2.34. The highest BCUT2D eigenvalue weighted by Gasteiger charge is 2.21. The van der Waals surface area contributed by atoms with E-state index in [0.717, 1.165) is 74.0 Å². The Balaban J connectivity index is 0.00000341. The zero-order valence-corrected chi connectivity index (χ0v) is 21.5. The van der Waals surface area contributed by atoms with Crippen LogP contribution >= 0.6 is 35.6 Å². The molecule has 31 heavy (non-hydrogen) atoms. The smallest absolute Gasteiger partial charge is 0.191 e. The Morgan fingerprint density at radius 1 is 1.39 bits per heavy atom. The largest absolute Gasteiger partial charge is 0.361 e. The Labute approximate surface area is 206 Å². The van der Waals surface area contributed by atoms with E-state index in [1.807, 2.05) is 13.8 Å². The van der Waals surface area contributed by atoms with E-state index in [1.54, 1.807) is 6.07 Å². The van der Waals surface area contributed by atoms with E-state index < -0.39 is 0 Å². The van der Waals surface area contributed by atoms with Gasteiger partial charge in [0.05, 0.1) is 5.69 Å². The van der Waals surface area contributed by atoms with Gasteiger partial charge in [-0.3, -0.25) is 9.89 Å². The highest BCUT2D eigenvalue weighted by atomic mass is 127. The van der Waals surface area contributed by atoms with Crippen molar-refractivity contribution in [2.45, 2.75) is 52.6 Å². The molecule has 1 aliphatic heterocycles. The van der Waals surface area contributed by atoms with Crippen molar-refractivity contribution in [2.75, 3.05) is 26.2 Å². The number of aryl methyl sites for hydroxylation is 2. The van der Waals surface area contributed by atoms with Gasteiger partial charge in [0, 0.05) is 42.8 Å². The lowest BCUT2D eigenvalue weighted by atomic mass is 10.0. The zero-order valence-electron chi connectivity index (χ0n) is 18.4. The summed E-state index contributed by atoms with van der Waals surface area (Å²) in [5, 5.41) is 11.4. The Kier molecular flexibility index (Phi) is 10.5. The van der Waals surface area contributed by atoms with Gasteiger partial charge >= 0.3 is 0 Å². The van der Waals surface area contributed by atoms with E-state index in [9.17, 15) is 4.39 Å². The molecule has 1 atom stereocenters. The minimum atomic E-state index is -0.301. The van der Waals surface area contributed by atoms with Crippen molar-refractivity contribution in [1.82, 2.24) is 20.7 Å². The summed E-state index contributed by atoms with van der Waals surface area (Å²) in [6.07, 6.45) is 2.98.